The molecule has 0 N–H and O–H groups in total. The first-order chi connectivity index (χ1) is 16.4. The number of carbonyl (C=O) groups excluding carboxylic acids is 1. The van der Waals surface area contributed by atoms with Crippen LogP contribution < -0.4 is 4.74 Å². The Morgan fingerprint density at radius 2 is 2.06 bits per heavy atom. The van der Waals surface area contributed by atoms with Gasteiger partial charge in [-0.15, -0.1) is 0 Å². The molecule has 1 saturated heterocycles. The van der Waals surface area contributed by atoms with Gasteiger partial charge in [0.1, 0.15) is 16.9 Å². The van der Waals surface area contributed by atoms with Crippen molar-refractivity contribution in [2.24, 2.45) is 13.0 Å². The van der Waals surface area contributed by atoms with Crippen LogP contribution in [-0.2, 0) is 13.6 Å². The number of aryl methyl sites for hydroxylation is 2. The number of nitrogens with zero attached hydrogens (tertiary/aromatic N) is 5. The number of benzene rings is 1. The molecule has 0 spiro atoms. The first-order valence-electron chi connectivity index (χ1n) is 12.2. The zero-order valence-corrected chi connectivity index (χ0v) is 20.7. The van der Waals surface area contributed by atoms with Crippen molar-refractivity contribution in [3.63, 3.8) is 0 Å². The van der Waals surface area contributed by atoms with Crippen LogP contribution in [0.3, 0.4) is 0 Å². The van der Waals surface area contributed by atoms with Crippen molar-refractivity contribution in [2.75, 3.05) is 13.7 Å². The van der Waals surface area contributed by atoms with E-state index in [1.54, 1.807) is 7.11 Å². The molecule has 1 atom stereocenters. The Balaban J connectivity index is 1.64. The minimum Gasteiger partial charge on any atom is -0.494 e. The van der Waals surface area contributed by atoms with Gasteiger partial charge in [0.05, 0.1) is 18.3 Å². The minimum atomic E-state index is 0.0673. The normalized spacial score (nSPS) is 16.6. The molecule has 3 aromatic heterocycles. The molecule has 0 aliphatic carbocycles. The van der Waals surface area contributed by atoms with Crippen LogP contribution in [0.5, 0.6) is 5.75 Å². The van der Waals surface area contributed by atoms with Crippen molar-refractivity contribution in [3.05, 3.63) is 42.1 Å². The molecule has 1 amide bonds. The van der Waals surface area contributed by atoms with Crippen molar-refractivity contribution >= 4 is 28.0 Å². The maximum atomic E-state index is 13.6. The zero-order chi connectivity index (χ0) is 24.0. The van der Waals surface area contributed by atoms with Crippen molar-refractivity contribution in [1.82, 2.24) is 24.0 Å². The Bertz CT molecular complexity index is 1370. The number of ether oxygens (including phenoxy) is 1. The summed E-state index contributed by atoms with van der Waals surface area (Å²) in [6, 6.07) is 10.2. The molecule has 4 aromatic rings. The summed E-state index contributed by atoms with van der Waals surface area (Å²) < 4.78 is 10.0. The van der Waals surface area contributed by atoms with Gasteiger partial charge >= 0.3 is 0 Å². The Morgan fingerprint density at radius 1 is 1.24 bits per heavy atom. The fourth-order valence-corrected chi connectivity index (χ4v) is 5.48. The maximum Gasteiger partial charge on any atom is 0.254 e. The SMILES string of the molecule is CCn1c(-c2nc3cc(C(=O)N4CCCCC4C(C)C)cc(OC)c3n2C)cc2cccnc21. The number of carbonyl (C=O) groups is 1. The Kier molecular flexibility index (Phi) is 5.80. The summed E-state index contributed by atoms with van der Waals surface area (Å²) in [5.74, 6) is 1.99. The number of amides is 1. The molecule has 1 aliphatic heterocycles. The number of aromatic nitrogens is 4. The van der Waals surface area contributed by atoms with Crippen LogP contribution in [0.15, 0.2) is 36.5 Å². The molecule has 0 saturated carbocycles. The highest BCUT2D eigenvalue weighted by Gasteiger charge is 2.30. The Morgan fingerprint density at radius 3 is 2.79 bits per heavy atom. The second-order valence-corrected chi connectivity index (χ2v) is 9.54. The molecule has 7 nitrogen and oxygen atoms in total. The van der Waals surface area contributed by atoms with Gasteiger partial charge in [-0.25, -0.2) is 9.97 Å². The average Bonchev–Trinajstić information content (AvgIpc) is 3.40. The van der Waals surface area contributed by atoms with Crippen LogP contribution in [0.1, 0.15) is 50.4 Å². The molecule has 34 heavy (non-hydrogen) atoms. The highest BCUT2D eigenvalue weighted by Crippen LogP contribution is 2.35. The van der Waals surface area contributed by atoms with Gasteiger partial charge in [-0.05, 0) is 62.4 Å². The highest BCUT2D eigenvalue weighted by molar-refractivity contribution is 6.00. The average molecular weight is 460 g/mol. The van der Waals surface area contributed by atoms with Crippen molar-refractivity contribution in [3.8, 4) is 17.3 Å². The van der Waals surface area contributed by atoms with Crippen LogP contribution in [0.2, 0.25) is 0 Å². The largest absolute Gasteiger partial charge is 0.494 e. The van der Waals surface area contributed by atoms with Gasteiger partial charge in [0.2, 0.25) is 0 Å². The third kappa shape index (κ3) is 3.54. The van der Waals surface area contributed by atoms with Crippen LogP contribution >= 0.6 is 0 Å². The molecule has 7 heteroatoms. The summed E-state index contributed by atoms with van der Waals surface area (Å²) in [5, 5.41) is 1.08. The van der Waals surface area contributed by atoms with Crippen LogP contribution in [0.4, 0.5) is 0 Å². The number of hydrogen-bond donors (Lipinski definition) is 0. The molecule has 0 radical (unpaired) electrons. The number of rotatable bonds is 5. The van der Waals surface area contributed by atoms with E-state index in [1.165, 1.54) is 6.42 Å². The van der Waals surface area contributed by atoms with Gasteiger partial charge in [0.25, 0.3) is 5.91 Å². The number of imidazole rings is 1. The quantitative estimate of drug-likeness (QED) is 0.408. The van der Waals surface area contributed by atoms with Crippen molar-refractivity contribution in [1.29, 1.82) is 0 Å². The highest BCUT2D eigenvalue weighted by atomic mass is 16.5. The molecule has 4 heterocycles. The summed E-state index contributed by atoms with van der Waals surface area (Å²) in [6.45, 7) is 8.10. The van der Waals surface area contributed by atoms with Crippen molar-refractivity contribution in [2.45, 2.75) is 52.6 Å². The molecule has 1 unspecified atom stereocenters. The standard InChI is InChI=1S/C27H33N5O2/c1-6-31-22(15-18-10-9-12-28-25(18)31)26-29-20-14-19(16-23(34-5)24(20)30(26)4)27(33)32-13-8-7-11-21(32)17(2)3/h9-10,12,14-17,21H,6-8,11,13H2,1-5H3. The van der Waals surface area contributed by atoms with Crippen LogP contribution in [-0.4, -0.2) is 49.6 Å². The number of hydrogen-bond acceptors (Lipinski definition) is 4. The second kappa shape index (κ2) is 8.78. The number of fused-ring (bicyclic) bond motifs is 2. The second-order valence-electron chi connectivity index (χ2n) is 9.54. The fourth-order valence-electron chi connectivity index (χ4n) is 5.48. The van der Waals surface area contributed by atoms with Gasteiger partial charge in [-0.3, -0.25) is 4.79 Å². The van der Waals surface area contributed by atoms with Crippen LogP contribution in [0, 0.1) is 5.92 Å². The van der Waals surface area contributed by atoms with Crippen LogP contribution in [0.25, 0.3) is 33.6 Å². The summed E-state index contributed by atoms with van der Waals surface area (Å²) in [7, 11) is 3.65. The monoisotopic (exact) mass is 459 g/mol. The number of piperidine rings is 1. The lowest BCUT2D eigenvalue weighted by molar-refractivity contribution is 0.0543. The van der Waals surface area contributed by atoms with Crippen molar-refractivity contribution < 1.29 is 9.53 Å². The minimum absolute atomic E-state index is 0.0673. The summed E-state index contributed by atoms with van der Waals surface area (Å²) >= 11 is 0. The summed E-state index contributed by atoms with van der Waals surface area (Å²) in [4.78, 5) is 25.3. The van der Waals surface area contributed by atoms with Gasteiger partial charge in [0.15, 0.2) is 5.82 Å². The van der Waals surface area contributed by atoms with E-state index in [1.807, 2.05) is 31.4 Å². The predicted molar refractivity (Wildman–Crippen MR) is 135 cm³/mol. The van der Waals surface area contributed by atoms with E-state index in [0.29, 0.717) is 17.2 Å². The number of pyridine rings is 1. The van der Waals surface area contributed by atoms with E-state index in [0.717, 1.165) is 59.5 Å². The Hall–Kier alpha value is -3.35. The molecule has 1 fully saturated rings. The molecule has 5 rings (SSSR count). The van der Waals surface area contributed by atoms with E-state index < -0.39 is 0 Å². The molecule has 178 valence electrons. The van der Waals surface area contributed by atoms with E-state index in [-0.39, 0.29) is 11.9 Å². The summed E-state index contributed by atoms with van der Waals surface area (Å²) in [5.41, 5.74) is 4.23. The smallest absolute Gasteiger partial charge is 0.254 e. The first kappa shape index (κ1) is 22.4. The van der Waals surface area contributed by atoms with E-state index in [9.17, 15) is 4.79 Å². The third-order valence-corrected chi connectivity index (χ3v) is 7.18. The fraction of sp³-hybridized carbons (Fsp3) is 0.444. The van der Waals surface area contributed by atoms with Gasteiger partial charge in [0, 0.05) is 43.3 Å². The molecule has 1 aromatic carbocycles. The third-order valence-electron chi connectivity index (χ3n) is 7.18. The van der Waals surface area contributed by atoms with E-state index in [4.69, 9.17) is 9.72 Å². The molecule has 0 bridgehead atoms. The van der Waals surface area contributed by atoms with Gasteiger partial charge in [-0.2, -0.15) is 0 Å². The summed E-state index contributed by atoms with van der Waals surface area (Å²) in [6.07, 6.45) is 5.11. The van der Waals surface area contributed by atoms with Gasteiger partial charge < -0.3 is 18.8 Å². The zero-order valence-electron chi connectivity index (χ0n) is 20.7. The maximum absolute atomic E-state index is 13.6. The topological polar surface area (TPSA) is 65.2 Å². The molecule has 1 aliphatic rings. The lowest BCUT2D eigenvalue weighted by atomic mass is 9.92. The Labute approximate surface area is 200 Å². The number of methoxy groups -OCH3 is 1. The van der Waals surface area contributed by atoms with Gasteiger partial charge in [-0.1, -0.05) is 13.8 Å². The lowest BCUT2D eigenvalue weighted by Crippen LogP contribution is -2.46. The lowest BCUT2D eigenvalue weighted by Gasteiger charge is -2.38. The molecular weight excluding hydrogens is 426 g/mol. The molecular formula is C27H33N5O2. The van der Waals surface area contributed by atoms with E-state index in [2.05, 4.69) is 51.9 Å². The van der Waals surface area contributed by atoms with E-state index >= 15 is 0 Å². The first-order valence-corrected chi connectivity index (χ1v) is 12.2. The number of likely N-dealkylation sites (tertiary alicyclic amines) is 1. The predicted octanol–water partition coefficient (Wildman–Crippen LogP) is 5.27.